The first-order valence-corrected chi connectivity index (χ1v) is 7.39. The average molecular weight is 303 g/mol. The number of sulfonamides is 1. The van der Waals surface area contributed by atoms with E-state index >= 15 is 0 Å². The molecule has 9 nitrogen and oxygen atoms in total. The molecule has 0 bridgehead atoms. The van der Waals surface area contributed by atoms with Crippen LogP contribution in [0.1, 0.15) is 11.9 Å². The van der Waals surface area contributed by atoms with Gasteiger partial charge < -0.3 is 4.98 Å². The summed E-state index contributed by atoms with van der Waals surface area (Å²) >= 11 is 1.07. The van der Waals surface area contributed by atoms with Crippen LogP contribution in [0, 0.1) is 0 Å². The lowest BCUT2D eigenvalue weighted by atomic mass is 10.5. The first-order valence-electron chi connectivity index (χ1n) is 5.09. The zero-order valence-corrected chi connectivity index (χ0v) is 11.3. The van der Waals surface area contributed by atoms with Gasteiger partial charge in [-0.15, -0.1) is 10.2 Å². The highest BCUT2D eigenvalue weighted by Gasteiger charge is 2.20. The molecule has 19 heavy (non-hydrogen) atoms. The fraction of sp³-hybridized carbons (Fsp3) is 0.250. The minimum absolute atomic E-state index is 0.0578. The quantitative estimate of drug-likeness (QED) is 0.681. The van der Waals surface area contributed by atoms with E-state index in [1.807, 2.05) is 11.9 Å². The van der Waals surface area contributed by atoms with Crippen LogP contribution in [0.5, 0.6) is 0 Å². The molecule has 2 heterocycles. The predicted octanol–water partition coefficient (Wildman–Crippen LogP) is -0.722. The number of hydrogen-bond acceptors (Lipinski definition) is 7. The number of aromatic amines is 2. The van der Waals surface area contributed by atoms with Crippen molar-refractivity contribution < 1.29 is 8.42 Å². The lowest BCUT2D eigenvalue weighted by Gasteiger charge is -2.02. The molecular formula is C8H9N5O4S2. The van der Waals surface area contributed by atoms with Crippen molar-refractivity contribution in [1.29, 1.82) is 0 Å². The molecule has 0 amide bonds. The highest BCUT2D eigenvalue weighted by atomic mass is 32.2. The van der Waals surface area contributed by atoms with E-state index in [1.165, 1.54) is 0 Å². The van der Waals surface area contributed by atoms with Crippen molar-refractivity contribution in [2.45, 2.75) is 18.2 Å². The van der Waals surface area contributed by atoms with E-state index in [0.29, 0.717) is 11.4 Å². The van der Waals surface area contributed by atoms with Gasteiger partial charge in [-0.05, 0) is 6.42 Å². The van der Waals surface area contributed by atoms with Gasteiger partial charge in [0.25, 0.3) is 15.6 Å². The van der Waals surface area contributed by atoms with E-state index in [9.17, 15) is 18.0 Å². The van der Waals surface area contributed by atoms with Gasteiger partial charge in [-0.2, -0.15) is 0 Å². The Balaban J connectivity index is 2.37. The maximum Gasteiger partial charge on any atom is 0.325 e. The normalized spacial score (nSPS) is 11.4. The molecular weight excluding hydrogens is 294 g/mol. The Morgan fingerprint density at radius 1 is 1.37 bits per heavy atom. The number of hydrogen-bond donors (Lipinski definition) is 3. The zero-order chi connectivity index (χ0) is 14.0. The first-order chi connectivity index (χ1) is 8.92. The molecule has 3 N–H and O–H groups in total. The van der Waals surface area contributed by atoms with Crippen molar-refractivity contribution in [2.24, 2.45) is 0 Å². The molecule has 0 aromatic carbocycles. The third-order valence-electron chi connectivity index (χ3n) is 2.07. The molecule has 2 aromatic rings. The first kappa shape index (κ1) is 13.4. The van der Waals surface area contributed by atoms with Gasteiger partial charge in [0, 0.05) is 6.20 Å². The Hall–Kier alpha value is -2.01. The number of anilines is 1. The summed E-state index contributed by atoms with van der Waals surface area (Å²) in [5.41, 5.74) is -1.79. The third-order valence-corrected chi connectivity index (χ3v) is 4.52. The Morgan fingerprint density at radius 2 is 2.11 bits per heavy atom. The summed E-state index contributed by atoms with van der Waals surface area (Å²) in [6, 6.07) is 0. The average Bonchev–Trinajstić information content (AvgIpc) is 2.75. The van der Waals surface area contributed by atoms with E-state index in [-0.39, 0.29) is 5.13 Å². The van der Waals surface area contributed by atoms with Gasteiger partial charge in [0.15, 0.2) is 4.90 Å². The van der Waals surface area contributed by atoms with Gasteiger partial charge in [0.1, 0.15) is 5.01 Å². The fourth-order valence-corrected chi connectivity index (χ4v) is 3.12. The van der Waals surface area contributed by atoms with Crippen molar-refractivity contribution in [3.05, 3.63) is 32.0 Å². The highest BCUT2D eigenvalue weighted by Crippen LogP contribution is 2.18. The van der Waals surface area contributed by atoms with E-state index in [1.54, 1.807) is 0 Å². The number of nitrogens with one attached hydrogen (secondary N) is 3. The van der Waals surface area contributed by atoms with Crippen LogP contribution in [0.25, 0.3) is 0 Å². The Kier molecular flexibility index (Phi) is 3.48. The highest BCUT2D eigenvalue weighted by molar-refractivity contribution is 7.92. The largest absolute Gasteiger partial charge is 0.325 e. The van der Waals surface area contributed by atoms with Crippen LogP contribution in [-0.2, 0) is 16.4 Å². The van der Waals surface area contributed by atoms with Crippen LogP contribution < -0.4 is 16.0 Å². The van der Waals surface area contributed by atoms with E-state index < -0.39 is 26.2 Å². The molecule has 0 fully saturated rings. The number of H-pyrrole nitrogens is 2. The Morgan fingerprint density at radius 3 is 2.68 bits per heavy atom. The smallest absolute Gasteiger partial charge is 0.313 e. The van der Waals surface area contributed by atoms with Gasteiger partial charge in [-0.3, -0.25) is 14.5 Å². The maximum atomic E-state index is 11.9. The minimum Gasteiger partial charge on any atom is -0.313 e. The molecule has 11 heteroatoms. The van der Waals surface area contributed by atoms with E-state index in [2.05, 4.69) is 19.9 Å². The molecule has 0 saturated heterocycles. The summed E-state index contributed by atoms with van der Waals surface area (Å²) in [6.07, 6.45) is 1.45. The standard InChI is InChI=1S/C8H9N5O4S2/c1-2-5-11-12-8(18-5)13-19(16,17)4-3-9-7(15)10-6(4)14/h3H,2H2,1H3,(H,12,13)(H2,9,10,14,15). The monoisotopic (exact) mass is 303 g/mol. The molecule has 0 unspecified atom stereocenters. The van der Waals surface area contributed by atoms with Crippen molar-refractivity contribution in [3.63, 3.8) is 0 Å². The molecule has 2 aromatic heterocycles. The summed E-state index contributed by atoms with van der Waals surface area (Å²) in [4.78, 5) is 25.6. The van der Waals surface area contributed by atoms with E-state index in [4.69, 9.17) is 0 Å². The van der Waals surface area contributed by atoms with Crippen LogP contribution in [0.4, 0.5) is 5.13 Å². The van der Waals surface area contributed by atoms with Crippen LogP contribution in [0.2, 0.25) is 0 Å². The molecule has 102 valence electrons. The summed E-state index contributed by atoms with van der Waals surface area (Å²) in [5, 5.41) is 8.10. The lowest BCUT2D eigenvalue weighted by Crippen LogP contribution is -2.29. The summed E-state index contributed by atoms with van der Waals surface area (Å²) in [7, 11) is -4.11. The molecule has 0 aliphatic heterocycles. The summed E-state index contributed by atoms with van der Waals surface area (Å²) in [6.45, 7) is 1.85. The van der Waals surface area contributed by atoms with Crippen LogP contribution >= 0.6 is 11.3 Å². The van der Waals surface area contributed by atoms with Crippen molar-refractivity contribution in [1.82, 2.24) is 20.2 Å². The maximum absolute atomic E-state index is 11.9. The van der Waals surface area contributed by atoms with Gasteiger partial charge in [-0.25, -0.2) is 13.2 Å². The number of aryl methyl sites for hydroxylation is 1. The van der Waals surface area contributed by atoms with Gasteiger partial charge in [0.2, 0.25) is 5.13 Å². The van der Waals surface area contributed by atoms with Gasteiger partial charge in [0.05, 0.1) is 0 Å². The summed E-state index contributed by atoms with van der Waals surface area (Å²) < 4.78 is 26.0. The Labute approximate surface area is 110 Å². The molecule has 0 radical (unpaired) electrons. The van der Waals surface area contributed by atoms with Crippen molar-refractivity contribution in [3.8, 4) is 0 Å². The van der Waals surface area contributed by atoms with E-state index in [0.717, 1.165) is 17.5 Å². The number of rotatable bonds is 4. The summed E-state index contributed by atoms with van der Waals surface area (Å²) in [5.74, 6) is 0. The second kappa shape index (κ2) is 4.93. The minimum atomic E-state index is -4.11. The second-order valence-electron chi connectivity index (χ2n) is 3.40. The Bertz CT molecular complexity index is 803. The van der Waals surface area contributed by atoms with Crippen LogP contribution in [-0.4, -0.2) is 28.6 Å². The SMILES string of the molecule is CCc1nnc(NS(=O)(=O)c2c[nH]c(=O)[nH]c2=O)s1. The van der Waals surface area contributed by atoms with Gasteiger partial charge >= 0.3 is 5.69 Å². The molecule has 0 spiro atoms. The lowest BCUT2D eigenvalue weighted by molar-refractivity contribution is 0.599. The van der Waals surface area contributed by atoms with Crippen molar-refractivity contribution in [2.75, 3.05) is 4.72 Å². The topological polar surface area (TPSA) is 138 Å². The number of nitrogens with zero attached hydrogens (tertiary/aromatic N) is 2. The molecule has 0 aliphatic carbocycles. The van der Waals surface area contributed by atoms with Crippen molar-refractivity contribution >= 4 is 26.5 Å². The van der Waals surface area contributed by atoms with Gasteiger partial charge in [-0.1, -0.05) is 18.3 Å². The number of aromatic nitrogens is 4. The third kappa shape index (κ3) is 2.88. The predicted molar refractivity (Wildman–Crippen MR) is 67.8 cm³/mol. The van der Waals surface area contributed by atoms with Crippen LogP contribution in [0.3, 0.4) is 0 Å². The zero-order valence-electron chi connectivity index (χ0n) is 9.63. The van der Waals surface area contributed by atoms with Crippen LogP contribution in [0.15, 0.2) is 20.7 Å². The molecule has 0 saturated carbocycles. The molecule has 2 rings (SSSR count). The fourth-order valence-electron chi connectivity index (χ4n) is 1.20. The molecule has 0 aliphatic rings. The second-order valence-corrected chi connectivity index (χ2v) is 6.11. The molecule has 0 atom stereocenters.